The molecule has 0 saturated carbocycles. The maximum Gasteiger partial charge on any atom is 0.294 e. The van der Waals surface area contributed by atoms with E-state index in [0.717, 1.165) is 0 Å². The van der Waals surface area contributed by atoms with Crippen LogP contribution in [0.5, 0.6) is 0 Å². The fraction of sp³-hybridized carbons (Fsp3) is 0.0833. The van der Waals surface area contributed by atoms with E-state index in [2.05, 4.69) is 5.32 Å². The smallest absolute Gasteiger partial charge is 0.294 e. The lowest BCUT2D eigenvalue weighted by atomic mass is 9.83. The molecule has 1 aliphatic carbocycles. The van der Waals surface area contributed by atoms with Gasteiger partial charge in [-0.25, -0.2) is 0 Å². The fourth-order valence-corrected chi connectivity index (χ4v) is 5.02. The third-order valence-electron chi connectivity index (χ3n) is 5.85. The fourth-order valence-electron chi connectivity index (χ4n) is 4.27. The minimum absolute atomic E-state index is 0.181. The Hall–Kier alpha value is -3.75. The van der Waals surface area contributed by atoms with Crippen LogP contribution in [0.25, 0.3) is 22.0 Å². The summed E-state index contributed by atoms with van der Waals surface area (Å²) in [4.78, 5) is 25.9. The van der Waals surface area contributed by atoms with E-state index in [1.54, 1.807) is 50.4 Å². The second-order valence-corrected chi connectivity index (χ2v) is 9.18. The summed E-state index contributed by atoms with van der Waals surface area (Å²) in [6, 6.07) is 16.7. The molecule has 0 saturated heterocycles. The molecule has 3 aromatic carbocycles. The number of fused-ring (bicyclic) bond motifs is 2. The number of aromatic nitrogens is 1. The molecule has 0 unspecified atom stereocenters. The number of pyridine rings is 1. The van der Waals surface area contributed by atoms with Crippen molar-refractivity contribution in [3.63, 3.8) is 0 Å². The summed E-state index contributed by atoms with van der Waals surface area (Å²) >= 11 is 0. The summed E-state index contributed by atoms with van der Waals surface area (Å²) < 4.78 is 34.4. The number of anilines is 2. The van der Waals surface area contributed by atoms with Crippen LogP contribution in [0.1, 0.15) is 21.5 Å². The van der Waals surface area contributed by atoms with Crippen LogP contribution >= 0.6 is 0 Å². The van der Waals surface area contributed by atoms with Crippen LogP contribution in [-0.2, 0) is 17.2 Å². The van der Waals surface area contributed by atoms with Crippen LogP contribution in [0.2, 0.25) is 0 Å². The van der Waals surface area contributed by atoms with E-state index >= 15 is 0 Å². The highest BCUT2D eigenvalue weighted by Crippen LogP contribution is 2.42. The maximum atomic E-state index is 13.5. The molecule has 1 aliphatic rings. The molecule has 8 heteroatoms. The average molecular weight is 446 g/mol. The standard InChI is InChI=1S/C24H18N2O5S/c1-13-7-8-14(11-20(13)32(29,30)31)25-18-9-10-19-22-17(12-21(27)26(19)2)15-5-3-4-6-16(15)24(28)23(18)22/h3-12,25H,1-2H3,(H,29,30,31). The Morgan fingerprint density at radius 1 is 0.906 bits per heavy atom. The second kappa shape index (κ2) is 6.88. The number of rotatable bonds is 3. The van der Waals surface area contributed by atoms with Crippen LogP contribution in [0, 0.1) is 6.92 Å². The number of nitrogens with one attached hydrogen (secondary N) is 1. The molecule has 1 aromatic heterocycles. The third-order valence-corrected chi connectivity index (χ3v) is 6.84. The lowest BCUT2D eigenvalue weighted by Gasteiger charge is -2.23. The molecule has 5 rings (SSSR count). The molecule has 0 aliphatic heterocycles. The van der Waals surface area contributed by atoms with Gasteiger partial charge in [-0.1, -0.05) is 30.3 Å². The van der Waals surface area contributed by atoms with Crippen LogP contribution in [0.15, 0.2) is 70.4 Å². The first-order valence-electron chi connectivity index (χ1n) is 9.83. The number of ketones is 1. The minimum atomic E-state index is -4.40. The molecule has 2 N–H and O–H groups in total. The largest absolute Gasteiger partial charge is 0.355 e. The predicted octanol–water partition coefficient (Wildman–Crippen LogP) is 4.05. The lowest BCUT2D eigenvalue weighted by Crippen LogP contribution is -2.21. The number of benzene rings is 3. The van der Waals surface area contributed by atoms with Crippen LogP contribution in [0.4, 0.5) is 11.4 Å². The Morgan fingerprint density at radius 3 is 2.34 bits per heavy atom. The third kappa shape index (κ3) is 2.96. The molecule has 0 fully saturated rings. The van der Waals surface area contributed by atoms with Gasteiger partial charge in [-0.3, -0.25) is 14.1 Å². The van der Waals surface area contributed by atoms with Gasteiger partial charge in [0.15, 0.2) is 5.78 Å². The van der Waals surface area contributed by atoms with Gasteiger partial charge in [0.1, 0.15) is 0 Å². The first-order valence-corrected chi connectivity index (χ1v) is 11.3. The number of hydrogen-bond acceptors (Lipinski definition) is 5. The Labute approximate surface area is 183 Å². The molecule has 32 heavy (non-hydrogen) atoms. The molecule has 0 atom stereocenters. The van der Waals surface area contributed by atoms with Gasteiger partial charge in [-0.05, 0) is 47.9 Å². The van der Waals surface area contributed by atoms with E-state index in [4.69, 9.17) is 0 Å². The van der Waals surface area contributed by atoms with Crippen molar-refractivity contribution in [2.24, 2.45) is 7.05 Å². The van der Waals surface area contributed by atoms with E-state index in [0.29, 0.717) is 50.1 Å². The highest BCUT2D eigenvalue weighted by Gasteiger charge is 2.29. The van der Waals surface area contributed by atoms with Crippen molar-refractivity contribution < 1.29 is 17.8 Å². The van der Waals surface area contributed by atoms with Crippen molar-refractivity contribution in [3.8, 4) is 11.1 Å². The Kier molecular flexibility index (Phi) is 4.34. The zero-order valence-electron chi connectivity index (χ0n) is 17.2. The summed E-state index contributed by atoms with van der Waals surface area (Å²) in [6.07, 6.45) is 0. The van der Waals surface area contributed by atoms with Crippen molar-refractivity contribution in [2.45, 2.75) is 11.8 Å². The first kappa shape index (κ1) is 20.2. The summed E-state index contributed by atoms with van der Waals surface area (Å²) in [5.74, 6) is -0.193. The van der Waals surface area contributed by atoms with E-state index in [9.17, 15) is 22.6 Å². The number of aryl methyl sites for hydroxylation is 2. The second-order valence-electron chi connectivity index (χ2n) is 7.79. The number of carbonyl (C=O) groups is 1. The SMILES string of the molecule is Cc1ccc(Nc2ccc3c4c(cc(=O)n3C)-c3ccccc3C(=O)c24)cc1S(=O)(=O)O. The maximum absolute atomic E-state index is 13.5. The molecular weight excluding hydrogens is 428 g/mol. The summed E-state index contributed by atoms with van der Waals surface area (Å²) in [5, 5.41) is 3.78. The molecule has 160 valence electrons. The van der Waals surface area contributed by atoms with Gasteiger partial charge < -0.3 is 9.88 Å². The molecule has 4 aromatic rings. The molecule has 0 spiro atoms. The van der Waals surface area contributed by atoms with Gasteiger partial charge in [0.2, 0.25) is 0 Å². The van der Waals surface area contributed by atoms with Crippen molar-refractivity contribution >= 4 is 38.2 Å². The quantitative estimate of drug-likeness (QED) is 0.405. The molecule has 0 amide bonds. The zero-order chi connectivity index (χ0) is 22.8. The highest BCUT2D eigenvalue weighted by atomic mass is 32.2. The summed E-state index contributed by atoms with van der Waals surface area (Å²) in [7, 11) is -2.75. The van der Waals surface area contributed by atoms with Gasteiger partial charge in [0.05, 0.1) is 21.7 Å². The highest BCUT2D eigenvalue weighted by molar-refractivity contribution is 7.85. The summed E-state index contributed by atoms with van der Waals surface area (Å²) in [5.41, 5.74) is 4.00. The van der Waals surface area contributed by atoms with Crippen molar-refractivity contribution in [1.29, 1.82) is 0 Å². The van der Waals surface area contributed by atoms with Gasteiger partial charge >= 0.3 is 0 Å². The van der Waals surface area contributed by atoms with E-state index in [1.807, 2.05) is 12.1 Å². The molecule has 7 nitrogen and oxygen atoms in total. The number of carbonyl (C=O) groups excluding carboxylic acids is 1. The van der Waals surface area contributed by atoms with Gasteiger partial charge in [-0.2, -0.15) is 8.42 Å². The van der Waals surface area contributed by atoms with Gasteiger partial charge in [-0.15, -0.1) is 0 Å². The monoisotopic (exact) mass is 446 g/mol. The van der Waals surface area contributed by atoms with Crippen LogP contribution in [-0.4, -0.2) is 23.3 Å². The summed E-state index contributed by atoms with van der Waals surface area (Å²) in [6.45, 7) is 1.58. The van der Waals surface area contributed by atoms with Crippen LogP contribution < -0.4 is 10.9 Å². The van der Waals surface area contributed by atoms with Crippen molar-refractivity contribution in [1.82, 2.24) is 4.57 Å². The van der Waals surface area contributed by atoms with Crippen LogP contribution in [0.3, 0.4) is 0 Å². The lowest BCUT2D eigenvalue weighted by molar-refractivity contribution is 0.104. The normalized spacial score (nSPS) is 12.7. The number of hydrogen-bond donors (Lipinski definition) is 2. The van der Waals surface area contributed by atoms with Crippen molar-refractivity contribution in [3.05, 3.63) is 87.7 Å². The Bertz CT molecular complexity index is 1630. The molecular formula is C24H18N2O5S. The minimum Gasteiger partial charge on any atom is -0.355 e. The Morgan fingerprint density at radius 2 is 1.62 bits per heavy atom. The first-order chi connectivity index (χ1) is 15.2. The molecule has 0 bridgehead atoms. The van der Waals surface area contributed by atoms with E-state index in [1.165, 1.54) is 16.7 Å². The van der Waals surface area contributed by atoms with Gasteiger partial charge in [0, 0.05) is 29.8 Å². The zero-order valence-corrected chi connectivity index (χ0v) is 18.0. The Balaban J connectivity index is 1.79. The number of nitrogens with zero attached hydrogens (tertiary/aromatic N) is 1. The topological polar surface area (TPSA) is 105 Å². The van der Waals surface area contributed by atoms with Gasteiger partial charge in [0.25, 0.3) is 15.7 Å². The predicted molar refractivity (Wildman–Crippen MR) is 122 cm³/mol. The van der Waals surface area contributed by atoms with Crippen molar-refractivity contribution in [2.75, 3.05) is 5.32 Å². The molecule has 0 radical (unpaired) electrons. The average Bonchev–Trinajstić information content (AvgIpc) is 2.75. The van der Waals surface area contributed by atoms with E-state index < -0.39 is 10.1 Å². The van der Waals surface area contributed by atoms with E-state index in [-0.39, 0.29) is 16.2 Å². The molecule has 1 heterocycles.